The van der Waals surface area contributed by atoms with Crippen LogP contribution < -0.4 is 5.32 Å². The van der Waals surface area contributed by atoms with Crippen molar-refractivity contribution in [2.24, 2.45) is 5.41 Å². The number of carbonyl (C=O) groups excluding carboxylic acids is 1. The number of amides is 2. The lowest BCUT2D eigenvalue weighted by molar-refractivity contribution is -0.0292. The minimum absolute atomic E-state index is 0.00560. The van der Waals surface area contributed by atoms with E-state index in [1.54, 1.807) is 7.11 Å². The Balaban J connectivity index is 1.67. The summed E-state index contributed by atoms with van der Waals surface area (Å²) in [6.07, 6.45) is 1.88. The number of nitrogens with zero attached hydrogens (tertiary/aromatic N) is 1. The molecule has 1 aromatic rings. The Morgan fingerprint density at radius 2 is 2.08 bits per heavy atom. The van der Waals surface area contributed by atoms with E-state index in [1.165, 1.54) is 0 Å². The van der Waals surface area contributed by atoms with Gasteiger partial charge in [-0.2, -0.15) is 0 Å². The molecular weight excluding hydrogens is 320 g/mol. The zero-order valence-corrected chi connectivity index (χ0v) is 15.1. The second kappa shape index (κ2) is 8.17. The molecule has 2 amide bonds. The molecule has 0 saturated carbocycles. The van der Waals surface area contributed by atoms with E-state index in [-0.39, 0.29) is 17.6 Å². The highest BCUT2D eigenvalue weighted by Gasteiger charge is 2.37. The molecule has 25 heavy (non-hydrogen) atoms. The first-order valence-electron chi connectivity index (χ1n) is 8.96. The summed E-state index contributed by atoms with van der Waals surface area (Å²) in [6.45, 7) is 6.10. The first-order valence-corrected chi connectivity index (χ1v) is 8.96. The number of urea groups is 1. The van der Waals surface area contributed by atoms with Crippen LogP contribution in [0.3, 0.4) is 0 Å². The average Bonchev–Trinajstić information content (AvgIpc) is 2.84. The summed E-state index contributed by atoms with van der Waals surface area (Å²) in [5.41, 5.74) is 1.86. The fourth-order valence-corrected chi connectivity index (χ4v) is 3.48. The molecule has 0 aliphatic carbocycles. The predicted octanol–water partition coefficient (Wildman–Crippen LogP) is 3.05. The van der Waals surface area contributed by atoms with Gasteiger partial charge in [0.2, 0.25) is 0 Å². The number of hydrogen-bond donors (Lipinski definition) is 1. The smallest absolute Gasteiger partial charge is 0.321 e. The molecule has 3 rings (SSSR count). The van der Waals surface area contributed by atoms with Crippen LogP contribution in [0.15, 0.2) is 24.3 Å². The summed E-state index contributed by atoms with van der Waals surface area (Å²) in [6, 6.07) is 7.73. The van der Waals surface area contributed by atoms with Crippen LogP contribution in [0.25, 0.3) is 0 Å². The molecule has 1 atom stereocenters. The molecule has 0 aromatic heterocycles. The van der Waals surface area contributed by atoms with Gasteiger partial charge in [0.15, 0.2) is 0 Å². The van der Waals surface area contributed by atoms with E-state index in [9.17, 15) is 4.79 Å². The molecule has 0 bridgehead atoms. The van der Waals surface area contributed by atoms with Gasteiger partial charge in [0.05, 0.1) is 19.3 Å². The summed E-state index contributed by atoms with van der Waals surface area (Å²) >= 11 is 0. The Labute approximate surface area is 149 Å². The van der Waals surface area contributed by atoms with Crippen molar-refractivity contribution in [3.8, 4) is 0 Å². The maximum absolute atomic E-state index is 12.8. The van der Waals surface area contributed by atoms with Crippen LogP contribution in [0, 0.1) is 5.41 Å². The molecule has 1 N–H and O–H groups in total. The second-order valence-electron chi connectivity index (χ2n) is 7.02. The van der Waals surface area contributed by atoms with Crippen molar-refractivity contribution >= 4 is 11.7 Å². The molecule has 2 saturated heterocycles. The van der Waals surface area contributed by atoms with Gasteiger partial charge in [0.1, 0.15) is 0 Å². The first-order chi connectivity index (χ1) is 12.1. The lowest BCUT2D eigenvalue weighted by Gasteiger charge is -2.38. The van der Waals surface area contributed by atoms with E-state index >= 15 is 0 Å². The summed E-state index contributed by atoms with van der Waals surface area (Å²) < 4.78 is 16.6. The van der Waals surface area contributed by atoms with Gasteiger partial charge in [-0.25, -0.2) is 4.79 Å². The zero-order chi connectivity index (χ0) is 17.7. The molecule has 2 aliphatic heterocycles. The molecule has 1 aromatic carbocycles. The predicted molar refractivity (Wildman–Crippen MR) is 95.8 cm³/mol. The Morgan fingerprint density at radius 3 is 2.84 bits per heavy atom. The lowest BCUT2D eigenvalue weighted by atomic mass is 9.80. The summed E-state index contributed by atoms with van der Waals surface area (Å²) in [4.78, 5) is 14.7. The van der Waals surface area contributed by atoms with E-state index in [0.717, 1.165) is 43.9 Å². The molecule has 0 unspecified atom stereocenters. The van der Waals surface area contributed by atoms with Crippen LogP contribution in [0.1, 0.15) is 31.4 Å². The highest BCUT2D eigenvalue weighted by Crippen LogP contribution is 2.33. The largest absolute Gasteiger partial charge is 0.381 e. The number of benzene rings is 1. The molecule has 138 valence electrons. The van der Waals surface area contributed by atoms with Crippen molar-refractivity contribution < 1.29 is 19.0 Å². The number of rotatable bonds is 3. The van der Waals surface area contributed by atoms with Crippen LogP contribution in [-0.2, 0) is 14.2 Å². The van der Waals surface area contributed by atoms with Crippen molar-refractivity contribution in [3.05, 3.63) is 29.8 Å². The SMILES string of the molecule is CO[C@H](C)c1cccc(NC(=O)N2CCOCC3(CCOCC3)C2)c1. The first kappa shape index (κ1) is 18.2. The Hall–Kier alpha value is -1.63. The third-order valence-corrected chi connectivity index (χ3v) is 5.24. The molecular formula is C19H28N2O4. The average molecular weight is 348 g/mol. The third kappa shape index (κ3) is 4.51. The maximum Gasteiger partial charge on any atom is 0.321 e. The van der Waals surface area contributed by atoms with Crippen LogP contribution in [0.2, 0.25) is 0 Å². The Bertz CT molecular complexity index is 587. The quantitative estimate of drug-likeness (QED) is 0.912. The van der Waals surface area contributed by atoms with Crippen molar-refractivity contribution in [3.63, 3.8) is 0 Å². The molecule has 2 fully saturated rings. The summed E-state index contributed by atoms with van der Waals surface area (Å²) in [5.74, 6) is 0. The van der Waals surface area contributed by atoms with E-state index in [0.29, 0.717) is 19.8 Å². The highest BCUT2D eigenvalue weighted by molar-refractivity contribution is 5.89. The molecule has 0 radical (unpaired) electrons. The second-order valence-corrected chi connectivity index (χ2v) is 7.02. The van der Waals surface area contributed by atoms with Crippen molar-refractivity contribution in [2.75, 3.05) is 51.9 Å². The van der Waals surface area contributed by atoms with Crippen LogP contribution in [-0.4, -0.2) is 57.6 Å². The fourth-order valence-electron chi connectivity index (χ4n) is 3.48. The zero-order valence-electron chi connectivity index (χ0n) is 15.1. The number of hydrogen-bond acceptors (Lipinski definition) is 4. The minimum atomic E-state index is -0.0708. The van der Waals surface area contributed by atoms with Gasteiger partial charge in [-0.15, -0.1) is 0 Å². The number of carbonyl (C=O) groups is 1. The van der Waals surface area contributed by atoms with Gasteiger partial charge >= 0.3 is 6.03 Å². The van der Waals surface area contributed by atoms with Gasteiger partial charge in [0.25, 0.3) is 0 Å². The topological polar surface area (TPSA) is 60.0 Å². The van der Waals surface area contributed by atoms with E-state index in [4.69, 9.17) is 14.2 Å². The highest BCUT2D eigenvalue weighted by atomic mass is 16.5. The summed E-state index contributed by atoms with van der Waals surface area (Å²) in [5, 5.41) is 3.03. The standard InChI is InChI=1S/C19H28N2O4/c1-15(23-2)16-4-3-5-17(12-16)20-18(22)21-8-11-25-14-19(13-21)6-9-24-10-7-19/h3-5,12,15H,6-11,13-14H2,1-2H3,(H,20,22)/t15-/m1/s1. The van der Waals surface area contributed by atoms with Gasteiger partial charge in [0, 0.05) is 44.5 Å². The Kier molecular flexibility index (Phi) is 5.93. The molecule has 6 nitrogen and oxygen atoms in total. The van der Waals surface area contributed by atoms with E-state index in [1.807, 2.05) is 36.1 Å². The van der Waals surface area contributed by atoms with Crippen LogP contribution in [0.4, 0.5) is 10.5 Å². The monoisotopic (exact) mass is 348 g/mol. The minimum Gasteiger partial charge on any atom is -0.381 e. The van der Waals surface area contributed by atoms with Crippen LogP contribution >= 0.6 is 0 Å². The Morgan fingerprint density at radius 1 is 1.28 bits per heavy atom. The molecule has 2 heterocycles. The van der Waals surface area contributed by atoms with Crippen LogP contribution in [0.5, 0.6) is 0 Å². The number of methoxy groups -OCH3 is 1. The normalized spacial score (nSPS) is 21.6. The van der Waals surface area contributed by atoms with Gasteiger partial charge in [-0.05, 0) is 37.5 Å². The van der Waals surface area contributed by atoms with Crippen molar-refractivity contribution in [1.82, 2.24) is 4.90 Å². The third-order valence-electron chi connectivity index (χ3n) is 5.24. The van der Waals surface area contributed by atoms with Gasteiger partial charge in [-0.1, -0.05) is 12.1 Å². The fraction of sp³-hybridized carbons (Fsp3) is 0.632. The number of ether oxygens (including phenoxy) is 3. The van der Waals surface area contributed by atoms with Crippen molar-refractivity contribution in [1.29, 1.82) is 0 Å². The molecule has 1 spiro atoms. The lowest BCUT2D eigenvalue weighted by Crippen LogP contribution is -2.46. The molecule has 6 heteroatoms. The summed E-state index contributed by atoms with van der Waals surface area (Å²) in [7, 11) is 1.68. The van der Waals surface area contributed by atoms with E-state index in [2.05, 4.69) is 5.32 Å². The van der Waals surface area contributed by atoms with Crippen molar-refractivity contribution in [2.45, 2.75) is 25.9 Å². The van der Waals surface area contributed by atoms with E-state index < -0.39 is 0 Å². The number of anilines is 1. The number of nitrogens with one attached hydrogen (secondary N) is 1. The maximum atomic E-state index is 12.8. The van der Waals surface area contributed by atoms with Gasteiger partial charge in [-0.3, -0.25) is 0 Å². The molecule has 2 aliphatic rings. The van der Waals surface area contributed by atoms with Gasteiger partial charge < -0.3 is 24.4 Å².